The monoisotopic (exact) mass is 277 g/mol. The van der Waals surface area contributed by atoms with Crippen molar-refractivity contribution in [3.05, 3.63) is 34.2 Å². The molecule has 1 aromatic carbocycles. The number of benzene rings is 1. The Bertz CT molecular complexity index is 729. The number of aromatic carboxylic acids is 1. The van der Waals surface area contributed by atoms with Gasteiger partial charge in [0.05, 0.1) is 16.6 Å². The minimum Gasteiger partial charge on any atom is -0.478 e. The molecule has 7 heteroatoms. The zero-order chi connectivity index (χ0) is 14.9. The van der Waals surface area contributed by atoms with Crippen LogP contribution >= 0.6 is 0 Å². The van der Waals surface area contributed by atoms with Crippen LogP contribution in [0.25, 0.3) is 11.0 Å². The summed E-state index contributed by atoms with van der Waals surface area (Å²) in [6.07, 6.45) is 0. The number of carboxylic acid groups (broad SMARTS) is 1. The van der Waals surface area contributed by atoms with E-state index in [1.54, 1.807) is 7.05 Å². The Morgan fingerprint density at radius 2 is 2.10 bits per heavy atom. The molecule has 0 bridgehead atoms. The highest BCUT2D eigenvalue weighted by Crippen LogP contribution is 2.13. The number of fused-ring (bicyclic) bond motifs is 1. The molecule has 1 amide bonds. The maximum Gasteiger partial charge on any atom is 0.335 e. The molecule has 1 aromatic heterocycles. The van der Waals surface area contributed by atoms with Crippen molar-refractivity contribution in [1.29, 1.82) is 0 Å². The molecule has 0 unspecified atom stereocenters. The fourth-order valence-electron chi connectivity index (χ4n) is 1.88. The Kier molecular flexibility index (Phi) is 3.60. The van der Waals surface area contributed by atoms with Gasteiger partial charge in [-0.1, -0.05) is 0 Å². The number of hydrogen-bond donors (Lipinski definition) is 2. The molecule has 0 saturated carbocycles. The van der Waals surface area contributed by atoms with Crippen molar-refractivity contribution < 1.29 is 14.7 Å². The Hall–Kier alpha value is -2.57. The molecule has 2 N–H and O–H groups in total. The number of rotatable bonds is 4. The number of likely N-dealkylation sites (N-methyl/N-ethyl adjacent to an activating group) is 1. The molecule has 1 heterocycles. The number of aromatic amines is 1. The van der Waals surface area contributed by atoms with Crippen molar-refractivity contribution in [2.75, 3.05) is 13.6 Å². The molecule has 0 fully saturated rings. The Balaban J connectivity index is 2.49. The second-order valence-electron chi connectivity index (χ2n) is 4.46. The van der Waals surface area contributed by atoms with E-state index in [0.717, 1.165) is 0 Å². The zero-order valence-corrected chi connectivity index (χ0v) is 11.2. The summed E-state index contributed by atoms with van der Waals surface area (Å²) in [5, 5.41) is 8.98. The van der Waals surface area contributed by atoms with Gasteiger partial charge in [0.2, 0.25) is 5.91 Å². The summed E-state index contributed by atoms with van der Waals surface area (Å²) in [5.74, 6) is -1.29. The third-order valence-electron chi connectivity index (χ3n) is 3.22. The van der Waals surface area contributed by atoms with Crippen molar-refractivity contribution in [1.82, 2.24) is 14.5 Å². The van der Waals surface area contributed by atoms with Gasteiger partial charge in [0.15, 0.2) is 0 Å². The predicted octanol–water partition coefficient (Wildman–Crippen LogP) is 0.506. The van der Waals surface area contributed by atoms with Crippen LogP contribution in [0.5, 0.6) is 0 Å². The normalized spacial score (nSPS) is 10.7. The molecule has 0 aliphatic heterocycles. The number of nitrogens with one attached hydrogen (secondary N) is 1. The van der Waals surface area contributed by atoms with E-state index in [2.05, 4.69) is 4.98 Å². The molecule has 0 aliphatic carbocycles. The molecule has 2 rings (SSSR count). The van der Waals surface area contributed by atoms with Crippen molar-refractivity contribution in [2.24, 2.45) is 0 Å². The molecule has 20 heavy (non-hydrogen) atoms. The number of carbonyl (C=O) groups is 2. The Labute approximate surface area is 114 Å². The lowest BCUT2D eigenvalue weighted by molar-refractivity contribution is -0.130. The van der Waals surface area contributed by atoms with Crippen LogP contribution in [0.4, 0.5) is 0 Å². The van der Waals surface area contributed by atoms with Crippen molar-refractivity contribution in [2.45, 2.75) is 13.5 Å². The number of imidazole rings is 1. The first-order valence-corrected chi connectivity index (χ1v) is 6.14. The van der Waals surface area contributed by atoms with E-state index in [0.29, 0.717) is 17.6 Å². The summed E-state index contributed by atoms with van der Waals surface area (Å²) in [6.45, 7) is 2.25. The number of aromatic nitrogens is 2. The van der Waals surface area contributed by atoms with Crippen LogP contribution in [0.2, 0.25) is 0 Å². The van der Waals surface area contributed by atoms with E-state index < -0.39 is 11.7 Å². The summed E-state index contributed by atoms with van der Waals surface area (Å²) in [6, 6.07) is 4.31. The lowest BCUT2D eigenvalue weighted by Crippen LogP contribution is -2.32. The smallest absolute Gasteiger partial charge is 0.335 e. The van der Waals surface area contributed by atoms with Gasteiger partial charge in [0, 0.05) is 13.6 Å². The second-order valence-corrected chi connectivity index (χ2v) is 4.46. The molecule has 0 atom stereocenters. The van der Waals surface area contributed by atoms with Gasteiger partial charge in [-0.25, -0.2) is 9.59 Å². The maximum atomic E-state index is 11.9. The summed E-state index contributed by atoms with van der Waals surface area (Å²) in [7, 11) is 1.64. The average molecular weight is 277 g/mol. The molecule has 106 valence electrons. The lowest BCUT2D eigenvalue weighted by atomic mass is 10.2. The topological polar surface area (TPSA) is 95.4 Å². The molecule has 0 saturated heterocycles. The van der Waals surface area contributed by atoms with Gasteiger partial charge in [-0.3, -0.25) is 9.36 Å². The van der Waals surface area contributed by atoms with Gasteiger partial charge in [0.1, 0.15) is 6.54 Å². The van der Waals surface area contributed by atoms with Crippen molar-refractivity contribution >= 4 is 22.9 Å². The summed E-state index contributed by atoms with van der Waals surface area (Å²) >= 11 is 0. The highest BCUT2D eigenvalue weighted by molar-refractivity contribution is 5.92. The second kappa shape index (κ2) is 5.20. The van der Waals surface area contributed by atoms with Crippen LogP contribution in [-0.4, -0.2) is 45.0 Å². The fourth-order valence-corrected chi connectivity index (χ4v) is 1.88. The van der Waals surface area contributed by atoms with Gasteiger partial charge < -0.3 is 15.0 Å². The minimum absolute atomic E-state index is 0.0709. The van der Waals surface area contributed by atoms with Crippen LogP contribution in [0.15, 0.2) is 23.0 Å². The first-order valence-electron chi connectivity index (χ1n) is 6.14. The van der Waals surface area contributed by atoms with E-state index in [1.807, 2.05) is 6.92 Å². The quantitative estimate of drug-likeness (QED) is 0.851. The molecule has 0 aliphatic rings. The molecule has 0 radical (unpaired) electrons. The minimum atomic E-state index is -1.08. The first-order chi connectivity index (χ1) is 9.43. The van der Waals surface area contributed by atoms with Crippen LogP contribution in [0.3, 0.4) is 0 Å². The van der Waals surface area contributed by atoms with Crippen LogP contribution in [-0.2, 0) is 11.3 Å². The number of amides is 1. The summed E-state index contributed by atoms with van der Waals surface area (Å²) < 4.78 is 1.25. The summed E-state index contributed by atoms with van der Waals surface area (Å²) in [4.78, 5) is 38.8. The van der Waals surface area contributed by atoms with Crippen molar-refractivity contribution in [3.8, 4) is 0 Å². The number of carbonyl (C=O) groups excluding carboxylic acids is 1. The van der Waals surface area contributed by atoms with Gasteiger partial charge in [0.25, 0.3) is 0 Å². The van der Waals surface area contributed by atoms with Gasteiger partial charge in [-0.05, 0) is 25.1 Å². The lowest BCUT2D eigenvalue weighted by Gasteiger charge is -2.14. The third-order valence-corrected chi connectivity index (χ3v) is 3.22. The number of carboxylic acids is 1. The standard InChI is InChI=1S/C13H15N3O4/c1-3-15(2)11(17)7-16-10-6-8(12(18)19)4-5-9(10)14-13(16)20/h4-6H,3,7H2,1-2H3,(H,14,20)(H,18,19). The largest absolute Gasteiger partial charge is 0.478 e. The number of hydrogen-bond acceptors (Lipinski definition) is 3. The zero-order valence-electron chi connectivity index (χ0n) is 11.2. The van der Waals surface area contributed by atoms with E-state index in [4.69, 9.17) is 5.11 Å². The first kappa shape index (κ1) is 13.9. The van der Waals surface area contributed by atoms with Crippen LogP contribution in [0, 0.1) is 0 Å². The van der Waals surface area contributed by atoms with E-state index >= 15 is 0 Å². The third kappa shape index (κ3) is 2.42. The van der Waals surface area contributed by atoms with Crippen LogP contribution < -0.4 is 5.69 Å². The SMILES string of the molecule is CCN(C)C(=O)Cn1c(=O)[nH]c2ccc(C(=O)O)cc21. The van der Waals surface area contributed by atoms with Crippen LogP contribution in [0.1, 0.15) is 17.3 Å². The molecule has 0 spiro atoms. The predicted molar refractivity (Wildman–Crippen MR) is 72.8 cm³/mol. The maximum absolute atomic E-state index is 11.9. The highest BCUT2D eigenvalue weighted by atomic mass is 16.4. The highest BCUT2D eigenvalue weighted by Gasteiger charge is 2.14. The van der Waals surface area contributed by atoms with E-state index in [-0.39, 0.29) is 18.0 Å². The molecule has 7 nitrogen and oxygen atoms in total. The number of nitrogens with zero attached hydrogens (tertiary/aromatic N) is 2. The molecule has 2 aromatic rings. The molecular formula is C13H15N3O4. The fraction of sp³-hybridized carbons (Fsp3) is 0.308. The van der Waals surface area contributed by atoms with E-state index in [9.17, 15) is 14.4 Å². The van der Waals surface area contributed by atoms with Gasteiger partial charge >= 0.3 is 11.7 Å². The average Bonchev–Trinajstić information content (AvgIpc) is 2.73. The summed E-state index contributed by atoms with van der Waals surface area (Å²) in [5.41, 5.74) is 0.557. The van der Waals surface area contributed by atoms with Gasteiger partial charge in [-0.15, -0.1) is 0 Å². The Morgan fingerprint density at radius 3 is 2.70 bits per heavy atom. The van der Waals surface area contributed by atoms with E-state index in [1.165, 1.54) is 27.7 Å². The Morgan fingerprint density at radius 1 is 1.40 bits per heavy atom. The number of H-pyrrole nitrogens is 1. The van der Waals surface area contributed by atoms with Crippen molar-refractivity contribution in [3.63, 3.8) is 0 Å². The molecular weight excluding hydrogens is 262 g/mol. The van der Waals surface area contributed by atoms with Gasteiger partial charge in [-0.2, -0.15) is 0 Å².